The van der Waals surface area contributed by atoms with Crippen molar-refractivity contribution < 1.29 is 37.0 Å². The van der Waals surface area contributed by atoms with E-state index in [1.807, 2.05) is 0 Å². The van der Waals surface area contributed by atoms with Gasteiger partial charge in [0, 0.05) is 0 Å². The smallest absolute Gasteiger partial charge is 0.422 e. The van der Waals surface area contributed by atoms with Crippen LogP contribution in [-0.2, 0) is 23.8 Å². The number of rotatable bonds is 4. The summed E-state index contributed by atoms with van der Waals surface area (Å²) >= 11 is 0. The lowest BCUT2D eigenvalue weighted by Gasteiger charge is -2.11. The van der Waals surface area contributed by atoms with Crippen LogP contribution in [0.2, 0.25) is 0 Å². The van der Waals surface area contributed by atoms with Gasteiger partial charge in [-0.25, -0.2) is 4.79 Å². The fourth-order valence-electron chi connectivity index (χ4n) is 0.983. The lowest BCUT2D eigenvalue weighted by atomic mass is 10.3. The Balaban J connectivity index is 2.25. The van der Waals surface area contributed by atoms with Crippen LogP contribution in [0.15, 0.2) is 12.2 Å². The predicted octanol–water partition coefficient (Wildman–Crippen LogP) is 0.938. The van der Waals surface area contributed by atoms with Crippen molar-refractivity contribution in [2.45, 2.75) is 18.7 Å². The highest BCUT2D eigenvalue weighted by Crippen LogP contribution is 2.24. The van der Waals surface area contributed by atoms with E-state index >= 15 is 0 Å². The first kappa shape index (κ1) is 13.5. The first-order chi connectivity index (χ1) is 7.80. The van der Waals surface area contributed by atoms with E-state index in [0.717, 1.165) is 0 Å². The molecule has 1 rings (SSSR count). The van der Waals surface area contributed by atoms with Crippen LogP contribution >= 0.6 is 0 Å². The molecule has 0 amide bonds. The van der Waals surface area contributed by atoms with Gasteiger partial charge in [0.25, 0.3) is 0 Å². The highest BCUT2D eigenvalue weighted by atomic mass is 19.4. The van der Waals surface area contributed by atoms with Gasteiger partial charge in [-0.2, -0.15) is 13.2 Å². The van der Waals surface area contributed by atoms with Crippen LogP contribution < -0.4 is 0 Å². The maximum absolute atomic E-state index is 12.0. The van der Waals surface area contributed by atoms with E-state index in [1.165, 1.54) is 0 Å². The molecule has 0 spiro atoms. The first-order valence-corrected chi connectivity index (χ1v) is 4.51. The Morgan fingerprint density at radius 2 is 2.18 bits per heavy atom. The average molecular weight is 254 g/mol. The second-order valence-corrected chi connectivity index (χ2v) is 3.20. The Bertz CT molecular complexity index is 336. The molecule has 17 heavy (non-hydrogen) atoms. The summed E-state index contributed by atoms with van der Waals surface area (Å²) in [7, 11) is 0. The van der Waals surface area contributed by atoms with E-state index in [4.69, 9.17) is 4.74 Å². The van der Waals surface area contributed by atoms with Crippen LogP contribution in [0.5, 0.6) is 0 Å². The molecule has 0 aromatic rings. The summed E-state index contributed by atoms with van der Waals surface area (Å²) in [4.78, 5) is 21.4. The molecule has 1 saturated heterocycles. The van der Waals surface area contributed by atoms with Crippen molar-refractivity contribution in [3.8, 4) is 0 Å². The second kappa shape index (κ2) is 5.17. The highest BCUT2D eigenvalue weighted by Gasteiger charge is 2.38. The molecule has 0 N–H and O–H groups in total. The molecule has 1 atom stereocenters. The summed E-state index contributed by atoms with van der Waals surface area (Å²) in [5.74, 6) is -2.08. The van der Waals surface area contributed by atoms with E-state index in [2.05, 4.69) is 16.1 Å². The van der Waals surface area contributed by atoms with Crippen LogP contribution in [0.25, 0.3) is 0 Å². The molecule has 0 aromatic carbocycles. The number of esters is 2. The van der Waals surface area contributed by atoms with Gasteiger partial charge in [0.2, 0.25) is 0 Å². The molecule has 1 unspecified atom stereocenters. The topological polar surface area (TPSA) is 61.8 Å². The molecule has 1 aliphatic rings. The summed E-state index contributed by atoms with van der Waals surface area (Å²) < 4.78 is 49.4. The molecular weight excluding hydrogens is 245 g/mol. The molecule has 0 bridgehead atoms. The molecule has 1 aliphatic heterocycles. The van der Waals surface area contributed by atoms with Gasteiger partial charge in [-0.1, -0.05) is 6.58 Å². The molecule has 96 valence electrons. The van der Waals surface area contributed by atoms with Gasteiger partial charge in [-0.15, -0.1) is 0 Å². The number of hydrogen-bond acceptors (Lipinski definition) is 5. The van der Waals surface area contributed by atoms with E-state index in [1.54, 1.807) is 0 Å². The standard InChI is InChI=1S/C9H9F3O5/c1-5(9(10,11)12)8(14)17-4-16-6-2-7(13)15-3-6/h6H,1-4H2. The second-order valence-electron chi connectivity index (χ2n) is 3.20. The third-order valence-corrected chi connectivity index (χ3v) is 1.91. The lowest BCUT2D eigenvalue weighted by molar-refractivity contribution is -0.165. The van der Waals surface area contributed by atoms with Crippen molar-refractivity contribution in [1.29, 1.82) is 0 Å². The molecule has 0 saturated carbocycles. The number of carbonyl (C=O) groups excluding carboxylic acids is 2. The van der Waals surface area contributed by atoms with Crippen molar-refractivity contribution in [1.82, 2.24) is 0 Å². The SMILES string of the molecule is C=C(C(=O)OCOC1COC(=O)C1)C(F)(F)F. The minimum atomic E-state index is -4.83. The van der Waals surface area contributed by atoms with Gasteiger partial charge < -0.3 is 14.2 Å². The largest absolute Gasteiger partial charge is 0.463 e. The van der Waals surface area contributed by atoms with Crippen LogP contribution in [-0.4, -0.2) is 37.6 Å². The Morgan fingerprint density at radius 1 is 1.53 bits per heavy atom. The maximum atomic E-state index is 12.0. The zero-order valence-corrected chi connectivity index (χ0v) is 8.58. The van der Waals surface area contributed by atoms with E-state index in [0.29, 0.717) is 0 Å². The Hall–Kier alpha value is -1.57. The fraction of sp³-hybridized carbons (Fsp3) is 0.556. The molecule has 1 heterocycles. The van der Waals surface area contributed by atoms with E-state index in [9.17, 15) is 22.8 Å². The summed E-state index contributed by atoms with van der Waals surface area (Å²) in [6.45, 7) is 1.87. The molecule has 1 fully saturated rings. The van der Waals surface area contributed by atoms with Crippen LogP contribution in [0, 0.1) is 0 Å². The zero-order chi connectivity index (χ0) is 13.1. The minimum absolute atomic E-state index is 0.00337. The van der Waals surface area contributed by atoms with Gasteiger partial charge in [0.05, 0.1) is 6.42 Å². The zero-order valence-electron chi connectivity index (χ0n) is 8.58. The normalized spacial score (nSPS) is 19.9. The number of halogens is 3. The molecule has 0 aromatic heterocycles. The lowest BCUT2D eigenvalue weighted by Crippen LogP contribution is -2.23. The van der Waals surface area contributed by atoms with Gasteiger partial charge in [-0.05, 0) is 0 Å². The quantitative estimate of drug-likeness (QED) is 0.424. The van der Waals surface area contributed by atoms with Crippen LogP contribution in [0.4, 0.5) is 13.2 Å². The summed E-state index contributed by atoms with van der Waals surface area (Å²) in [6.07, 6.45) is -5.45. The number of cyclic esters (lactones) is 1. The average Bonchev–Trinajstić information content (AvgIpc) is 2.61. The molecule has 8 heteroatoms. The van der Waals surface area contributed by atoms with Crippen molar-refractivity contribution in [2.75, 3.05) is 13.4 Å². The molecular formula is C9H9F3O5. The number of carbonyl (C=O) groups is 2. The first-order valence-electron chi connectivity index (χ1n) is 4.51. The predicted molar refractivity (Wildman–Crippen MR) is 46.6 cm³/mol. The number of alkyl halides is 3. The maximum Gasteiger partial charge on any atom is 0.422 e. The van der Waals surface area contributed by atoms with E-state index < -0.39 is 36.6 Å². The highest BCUT2D eigenvalue weighted by molar-refractivity contribution is 5.89. The van der Waals surface area contributed by atoms with Gasteiger partial charge in [0.15, 0.2) is 6.79 Å². The van der Waals surface area contributed by atoms with Crippen molar-refractivity contribution in [2.24, 2.45) is 0 Å². The molecule has 0 aliphatic carbocycles. The molecule has 5 nitrogen and oxygen atoms in total. The van der Waals surface area contributed by atoms with Crippen LogP contribution in [0.3, 0.4) is 0 Å². The Labute approximate surface area is 94.1 Å². The summed E-state index contributed by atoms with van der Waals surface area (Å²) in [6, 6.07) is 0. The van der Waals surface area contributed by atoms with Crippen molar-refractivity contribution in [3.05, 3.63) is 12.2 Å². The van der Waals surface area contributed by atoms with Crippen molar-refractivity contribution in [3.63, 3.8) is 0 Å². The van der Waals surface area contributed by atoms with Gasteiger partial charge in [-0.3, -0.25) is 4.79 Å². The Morgan fingerprint density at radius 3 is 2.65 bits per heavy atom. The van der Waals surface area contributed by atoms with Crippen molar-refractivity contribution >= 4 is 11.9 Å². The van der Waals surface area contributed by atoms with Crippen LogP contribution in [0.1, 0.15) is 6.42 Å². The Kier molecular flexibility index (Phi) is 4.11. The summed E-state index contributed by atoms with van der Waals surface area (Å²) in [5.41, 5.74) is -1.61. The third kappa shape index (κ3) is 4.06. The monoisotopic (exact) mass is 254 g/mol. The van der Waals surface area contributed by atoms with Gasteiger partial charge >= 0.3 is 18.1 Å². The number of ether oxygens (including phenoxy) is 3. The van der Waals surface area contributed by atoms with Gasteiger partial charge in [0.1, 0.15) is 18.3 Å². The minimum Gasteiger partial charge on any atom is -0.463 e. The third-order valence-electron chi connectivity index (χ3n) is 1.91. The fourth-order valence-corrected chi connectivity index (χ4v) is 0.983. The number of hydrogen-bond donors (Lipinski definition) is 0. The summed E-state index contributed by atoms with van der Waals surface area (Å²) in [5, 5.41) is 0. The molecule has 0 radical (unpaired) electrons. The van der Waals surface area contributed by atoms with E-state index in [-0.39, 0.29) is 13.0 Å².